The molecule has 0 aliphatic carbocycles. The first-order chi connectivity index (χ1) is 12.0. The second-order valence-corrected chi connectivity index (χ2v) is 5.93. The predicted octanol–water partition coefficient (Wildman–Crippen LogP) is 3.25. The van der Waals surface area contributed by atoms with Gasteiger partial charge in [0.15, 0.2) is 0 Å². The van der Waals surface area contributed by atoms with Gasteiger partial charge in [-0.15, -0.1) is 0 Å². The third-order valence-corrected chi connectivity index (χ3v) is 3.66. The molecule has 0 spiro atoms. The fraction of sp³-hybridized carbons (Fsp3) is 0.300. The maximum atomic E-state index is 12.1. The summed E-state index contributed by atoms with van der Waals surface area (Å²) in [7, 11) is 1.63. The van der Waals surface area contributed by atoms with Gasteiger partial charge in [0.25, 0.3) is 0 Å². The molecule has 0 saturated heterocycles. The van der Waals surface area contributed by atoms with Crippen molar-refractivity contribution in [3.05, 3.63) is 60.2 Å². The smallest absolute Gasteiger partial charge is 0.243 e. The van der Waals surface area contributed by atoms with Crippen LogP contribution in [0.5, 0.6) is 5.75 Å². The minimum Gasteiger partial charge on any atom is -0.494 e. The fourth-order valence-electron chi connectivity index (χ4n) is 2.33. The zero-order valence-electron chi connectivity index (χ0n) is 14.7. The van der Waals surface area contributed by atoms with Crippen LogP contribution in [0.1, 0.15) is 18.4 Å². The summed E-state index contributed by atoms with van der Waals surface area (Å²) in [6, 6.07) is 17.0. The lowest BCUT2D eigenvalue weighted by Crippen LogP contribution is -2.34. The average molecular weight is 340 g/mol. The maximum Gasteiger partial charge on any atom is 0.243 e. The zero-order chi connectivity index (χ0) is 18.1. The van der Waals surface area contributed by atoms with Gasteiger partial charge in [0.05, 0.1) is 13.2 Å². The van der Waals surface area contributed by atoms with Gasteiger partial charge < -0.3 is 15.0 Å². The van der Waals surface area contributed by atoms with Gasteiger partial charge in [-0.3, -0.25) is 9.59 Å². The van der Waals surface area contributed by atoms with Crippen LogP contribution in [0.15, 0.2) is 54.6 Å². The van der Waals surface area contributed by atoms with E-state index < -0.39 is 0 Å². The summed E-state index contributed by atoms with van der Waals surface area (Å²) in [5.41, 5.74) is 1.86. The topological polar surface area (TPSA) is 58.6 Å². The first-order valence-corrected chi connectivity index (χ1v) is 8.33. The summed E-state index contributed by atoms with van der Waals surface area (Å²) in [6.45, 7) is 2.51. The number of amides is 2. The molecule has 0 heterocycles. The fourth-order valence-corrected chi connectivity index (χ4v) is 2.33. The van der Waals surface area contributed by atoms with E-state index in [2.05, 4.69) is 5.32 Å². The number of rotatable bonds is 8. The van der Waals surface area contributed by atoms with E-state index in [1.54, 1.807) is 7.05 Å². The molecule has 5 nitrogen and oxygen atoms in total. The highest BCUT2D eigenvalue weighted by Crippen LogP contribution is 2.13. The van der Waals surface area contributed by atoms with Gasteiger partial charge in [-0.1, -0.05) is 30.3 Å². The summed E-state index contributed by atoms with van der Waals surface area (Å²) < 4.78 is 5.63. The lowest BCUT2D eigenvalue weighted by atomic mass is 10.2. The highest BCUT2D eigenvalue weighted by atomic mass is 16.5. The van der Waals surface area contributed by atoms with Crippen LogP contribution in [-0.4, -0.2) is 36.9 Å². The van der Waals surface area contributed by atoms with Gasteiger partial charge in [0, 0.05) is 19.2 Å². The van der Waals surface area contributed by atoms with Crippen LogP contribution in [0, 0.1) is 6.92 Å². The van der Waals surface area contributed by atoms with E-state index in [-0.39, 0.29) is 18.4 Å². The van der Waals surface area contributed by atoms with Crippen molar-refractivity contribution < 1.29 is 14.3 Å². The molecule has 0 unspecified atom stereocenters. The van der Waals surface area contributed by atoms with Crippen molar-refractivity contribution >= 4 is 17.5 Å². The number of ether oxygens (including phenoxy) is 1. The standard InChI is InChI=1S/C20H24N2O3/c1-16-8-6-11-18(14-16)25-13-7-12-20(24)22(2)15-19(23)21-17-9-4-3-5-10-17/h3-6,8-11,14H,7,12-13,15H2,1-2H3,(H,21,23). The number of nitrogens with zero attached hydrogens (tertiary/aromatic N) is 1. The molecule has 2 amide bonds. The minimum atomic E-state index is -0.210. The number of anilines is 1. The number of para-hydroxylation sites is 1. The molecule has 0 radical (unpaired) electrons. The van der Waals surface area contributed by atoms with Gasteiger partial charge in [-0.25, -0.2) is 0 Å². The van der Waals surface area contributed by atoms with Crippen LogP contribution < -0.4 is 10.1 Å². The van der Waals surface area contributed by atoms with Crippen LogP contribution in [0.3, 0.4) is 0 Å². The van der Waals surface area contributed by atoms with Crippen molar-refractivity contribution in [3.63, 3.8) is 0 Å². The Labute approximate surface area is 148 Å². The number of nitrogens with one attached hydrogen (secondary N) is 1. The Bertz CT molecular complexity index is 701. The van der Waals surface area contributed by atoms with Gasteiger partial charge in [0.1, 0.15) is 5.75 Å². The van der Waals surface area contributed by atoms with Crippen LogP contribution >= 0.6 is 0 Å². The Morgan fingerprint density at radius 2 is 1.84 bits per heavy atom. The zero-order valence-corrected chi connectivity index (χ0v) is 14.7. The second kappa shape index (κ2) is 9.47. The Hall–Kier alpha value is -2.82. The number of aryl methyl sites for hydroxylation is 1. The largest absolute Gasteiger partial charge is 0.494 e. The van der Waals surface area contributed by atoms with Crippen molar-refractivity contribution in [1.82, 2.24) is 4.90 Å². The Morgan fingerprint density at radius 1 is 1.08 bits per heavy atom. The molecule has 0 fully saturated rings. The van der Waals surface area contributed by atoms with Crippen molar-refractivity contribution in [1.29, 1.82) is 0 Å². The molecule has 1 N–H and O–H groups in total. The highest BCUT2D eigenvalue weighted by molar-refractivity contribution is 5.94. The monoisotopic (exact) mass is 340 g/mol. The lowest BCUT2D eigenvalue weighted by molar-refractivity contribution is -0.133. The Kier molecular flexibility index (Phi) is 7.01. The van der Waals surface area contributed by atoms with Crippen LogP contribution in [0.4, 0.5) is 5.69 Å². The normalized spacial score (nSPS) is 10.2. The number of likely N-dealkylation sites (N-methyl/N-ethyl adjacent to an activating group) is 1. The summed E-state index contributed by atoms with van der Waals surface area (Å²) in [4.78, 5) is 25.5. The molecule has 0 aliphatic heterocycles. The highest BCUT2D eigenvalue weighted by Gasteiger charge is 2.12. The van der Waals surface area contributed by atoms with Gasteiger partial charge in [0.2, 0.25) is 11.8 Å². The van der Waals surface area contributed by atoms with Crippen LogP contribution in [-0.2, 0) is 9.59 Å². The predicted molar refractivity (Wildman–Crippen MR) is 98.6 cm³/mol. The van der Waals surface area contributed by atoms with Crippen molar-refractivity contribution in [2.45, 2.75) is 19.8 Å². The SMILES string of the molecule is Cc1cccc(OCCCC(=O)N(C)CC(=O)Nc2ccccc2)c1. The van der Waals surface area contributed by atoms with Crippen molar-refractivity contribution in [2.24, 2.45) is 0 Å². The quantitative estimate of drug-likeness (QED) is 0.751. The Morgan fingerprint density at radius 3 is 2.56 bits per heavy atom. The molecule has 25 heavy (non-hydrogen) atoms. The second-order valence-electron chi connectivity index (χ2n) is 5.93. The number of carbonyl (C=O) groups is 2. The lowest BCUT2D eigenvalue weighted by Gasteiger charge is -2.17. The molecule has 2 aromatic rings. The first-order valence-electron chi connectivity index (χ1n) is 8.33. The number of hydrogen-bond acceptors (Lipinski definition) is 3. The van der Waals surface area contributed by atoms with E-state index in [0.717, 1.165) is 17.0 Å². The van der Waals surface area contributed by atoms with E-state index in [1.165, 1.54) is 4.90 Å². The molecule has 132 valence electrons. The third-order valence-electron chi connectivity index (χ3n) is 3.66. The molecule has 0 saturated carbocycles. The Balaban J connectivity index is 1.66. The molecular weight excluding hydrogens is 316 g/mol. The van der Waals surface area contributed by atoms with E-state index in [4.69, 9.17) is 4.74 Å². The summed E-state index contributed by atoms with van der Waals surface area (Å²) in [5.74, 6) is 0.525. The van der Waals surface area contributed by atoms with E-state index in [1.807, 2.05) is 61.5 Å². The number of hydrogen-bond donors (Lipinski definition) is 1. The molecule has 0 atom stereocenters. The molecule has 5 heteroatoms. The van der Waals surface area contributed by atoms with E-state index >= 15 is 0 Å². The molecule has 2 aromatic carbocycles. The van der Waals surface area contributed by atoms with Crippen molar-refractivity contribution in [3.8, 4) is 5.75 Å². The molecule has 0 aliphatic rings. The van der Waals surface area contributed by atoms with Crippen LogP contribution in [0.2, 0.25) is 0 Å². The summed E-state index contributed by atoms with van der Waals surface area (Å²) in [6.07, 6.45) is 0.957. The summed E-state index contributed by atoms with van der Waals surface area (Å²) >= 11 is 0. The first kappa shape index (κ1) is 18.5. The number of benzene rings is 2. The summed E-state index contributed by atoms with van der Waals surface area (Å²) in [5, 5.41) is 2.76. The van der Waals surface area contributed by atoms with Gasteiger partial charge in [-0.05, 0) is 43.2 Å². The van der Waals surface area contributed by atoms with Gasteiger partial charge >= 0.3 is 0 Å². The molecular formula is C20H24N2O3. The van der Waals surface area contributed by atoms with Crippen molar-refractivity contribution in [2.75, 3.05) is 25.5 Å². The molecule has 0 bridgehead atoms. The third kappa shape index (κ3) is 6.67. The minimum absolute atomic E-state index is 0.0342. The molecule has 2 rings (SSSR count). The van der Waals surface area contributed by atoms with Crippen LogP contribution in [0.25, 0.3) is 0 Å². The number of carbonyl (C=O) groups excluding carboxylic acids is 2. The van der Waals surface area contributed by atoms with Gasteiger partial charge in [-0.2, -0.15) is 0 Å². The molecule has 0 aromatic heterocycles. The average Bonchev–Trinajstić information content (AvgIpc) is 2.59. The van der Waals surface area contributed by atoms with E-state index in [0.29, 0.717) is 19.4 Å². The maximum absolute atomic E-state index is 12.1. The van der Waals surface area contributed by atoms with E-state index in [9.17, 15) is 9.59 Å².